The fraction of sp³-hybridized carbons (Fsp3) is 0.455. The first kappa shape index (κ1) is 23.1. The number of fused-ring (bicyclic) bond motifs is 1. The number of carbonyl (C=O) groups excluding carboxylic acids is 1. The zero-order chi connectivity index (χ0) is 23.6. The molecular weight excluding hydrogens is 414 g/mol. The molecule has 1 N–H and O–H groups in total. The first-order valence-corrected chi connectivity index (χ1v) is 10.2. The van der Waals surface area contributed by atoms with Crippen LogP contribution in [0.4, 0.5) is 5.69 Å². The molecule has 2 heterocycles. The van der Waals surface area contributed by atoms with E-state index >= 15 is 0 Å². The van der Waals surface area contributed by atoms with Gasteiger partial charge in [0.1, 0.15) is 11.2 Å². The number of anilines is 1. The summed E-state index contributed by atoms with van der Waals surface area (Å²) in [5.74, 6) is 1.55. The van der Waals surface area contributed by atoms with E-state index in [2.05, 4.69) is 15.4 Å². The molecule has 0 bridgehead atoms. The predicted molar refractivity (Wildman–Crippen MR) is 121 cm³/mol. The number of aromatic nitrogens is 4. The van der Waals surface area contributed by atoms with Crippen LogP contribution in [0.25, 0.3) is 11.0 Å². The molecule has 172 valence electrons. The quantitative estimate of drug-likeness (QED) is 0.598. The maximum Gasteiger partial charge on any atom is 0.264 e. The predicted octanol–water partition coefficient (Wildman–Crippen LogP) is 2.71. The van der Waals surface area contributed by atoms with Crippen LogP contribution < -0.4 is 25.1 Å². The average Bonchev–Trinajstić information content (AvgIpc) is 3.17. The van der Waals surface area contributed by atoms with E-state index in [4.69, 9.17) is 14.2 Å². The number of amides is 1. The van der Waals surface area contributed by atoms with Crippen LogP contribution >= 0.6 is 0 Å². The molecule has 0 radical (unpaired) electrons. The van der Waals surface area contributed by atoms with E-state index in [1.54, 1.807) is 23.7 Å². The fourth-order valence-corrected chi connectivity index (χ4v) is 3.45. The Kier molecular flexibility index (Phi) is 6.42. The molecule has 3 aromatic rings. The third-order valence-corrected chi connectivity index (χ3v) is 5.02. The number of hydrogen-bond acceptors (Lipinski definition) is 7. The van der Waals surface area contributed by atoms with E-state index in [0.717, 1.165) is 0 Å². The van der Waals surface area contributed by atoms with Gasteiger partial charge >= 0.3 is 0 Å². The van der Waals surface area contributed by atoms with Crippen molar-refractivity contribution in [3.63, 3.8) is 0 Å². The molecule has 0 spiro atoms. The van der Waals surface area contributed by atoms with Gasteiger partial charge in [0.2, 0.25) is 11.7 Å². The number of rotatable bonds is 7. The first-order valence-electron chi connectivity index (χ1n) is 10.2. The highest BCUT2D eigenvalue weighted by atomic mass is 16.5. The van der Waals surface area contributed by atoms with Crippen molar-refractivity contribution in [3.05, 3.63) is 34.5 Å². The number of nitrogens with zero attached hydrogens (tertiary/aromatic N) is 4. The highest BCUT2D eigenvalue weighted by molar-refractivity contribution is 5.91. The Labute approximate surface area is 186 Å². The van der Waals surface area contributed by atoms with Gasteiger partial charge in [-0.25, -0.2) is 9.67 Å². The van der Waals surface area contributed by atoms with Gasteiger partial charge in [0, 0.05) is 30.8 Å². The second-order valence-corrected chi connectivity index (χ2v) is 8.29. The molecule has 0 atom stereocenters. The molecule has 0 fully saturated rings. The minimum absolute atomic E-state index is 0.0814. The lowest BCUT2D eigenvalue weighted by Crippen LogP contribution is -2.28. The molecular formula is C22H29N5O5. The molecule has 0 saturated heterocycles. The number of carbonyl (C=O) groups is 1. The number of ether oxygens (including phenoxy) is 3. The Morgan fingerprint density at radius 3 is 2.25 bits per heavy atom. The van der Waals surface area contributed by atoms with Gasteiger partial charge in [-0.1, -0.05) is 0 Å². The summed E-state index contributed by atoms with van der Waals surface area (Å²) in [6.07, 6.45) is 1.61. The highest BCUT2D eigenvalue weighted by Gasteiger charge is 2.21. The van der Waals surface area contributed by atoms with Crippen molar-refractivity contribution in [1.82, 2.24) is 19.3 Å². The standard InChI is InChI=1S/C22H29N5O5/c1-13-24-20-15(12-23-27(20)22(2,3)4)21(29)26(13)9-8-18(28)25-14-10-16(30-5)19(32-7)17(11-14)31-6/h10-12H,8-9H2,1-7H3,(H,25,28). The highest BCUT2D eigenvalue weighted by Crippen LogP contribution is 2.39. The minimum Gasteiger partial charge on any atom is -0.493 e. The average molecular weight is 444 g/mol. The van der Waals surface area contributed by atoms with Crippen LogP contribution in [0.15, 0.2) is 23.1 Å². The first-order chi connectivity index (χ1) is 15.1. The Balaban J connectivity index is 1.80. The summed E-state index contributed by atoms with van der Waals surface area (Å²) in [7, 11) is 4.51. The van der Waals surface area contributed by atoms with E-state index in [1.165, 1.54) is 32.1 Å². The van der Waals surface area contributed by atoms with Gasteiger partial charge in [0.15, 0.2) is 17.1 Å². The van der Waals surface area contributed by atoms with Crippen LogP contribution in [-0.4, -0.2) is 46.6 Å². The second-order valence-electron chi connectivity index (χ2n) is 8.29. The van der Waals surface area contributed by atoms with Crippen molar-refractivity contribution >= 4 is 22.6 Å². The molecule has 1 aromatic carbocycles. The van der Waals surface area contributed by atoms with E-state index in [9.17, 15) is 9.59 Å². The number of aryl methyl sites for hydroxylation is 1. The van der Waals surface area contributed by atoms with Gasteiger partial charge in [-0.05, 0) is 27.7 Å². The Bertz CT molecular complexity index is 1180. The molecule has 1 amide bonds. The molecule has 2 aromatic heterocycles. The second kappa shape index (κ2) is 8.89. The summed E-state index contributed by atoms with van der Waals surface area (Å²) in [6.45, 7) is 7.92. The maximum atomic E-state index is 13.0. The van der Waals surface area contributed by atoms with Crippen LogP contribution in [0.2, 0.25) is 0 Å². The van der Waals surface area contributed by atoms with Crippen LogP contribution in [0.3, 0.4) is 0 Å². The van der Waals surface area contributed by atoms with Gasteiger partial charge in [-0.15, -0.1) is 0 Å². The van der Waals surface area contributed by atoms with E-state index in [1.807, 2.05) is 20.8 Å². The molecule has 0 aliphatic carbocycles. The monoisotopic (exact) mass is 443 g/mol. The number of hydrogen-bond donors (Lipinski definition) is 1. The van der Waals surface area contributed by atoms with Gasteiger partial charge in [-0.3, -0.25) is 14.2 Å². The molecule has 3 rings (SSSR count). The lowest BCUT2D eigenvalue weighted by Gasteiger charge is -2.20. The Morgan fingerprint density at radius 1 is 1.09 bits per heavy atom. The lowest BCUT2D eigenvalue weighted by atomic mass is 10.1. The largest absolute Gasteiger partial charge is 0.493 e. The van der Waals surface area contributed by atoms with Crippen LogP contribution in [0.1, 0.15) is 33.0 Å². The number of benzene rings is 1. The Hall–Kier alpha value is -3.56. The van der Waals surface area contributed by atoms with Crippen LogP contribution in [0.5, 0.6) is 17.2 Å². The van der Waals surface area contributed by atoms with Crippen LogP contribution in [-0.2, 0) is 16.9 Å². The molecule has 32 heavy (non-hydrogen) atoms. The van der Waals surface area contributed by atoms with Crippen molar-refractivity contribution in [2.75, 3.05) is 26.6 Å². The summed E-state index contributed by atoms with van der Waals surface area (Å²) in [5, 5.41) is 7.57. The summed E-state index contributed by atoms with van der Waals surface area (Å²) in [6, 6.07) is 3.29. The fourth-order valence-electron chi connectivity index (χ4n) is 3.45. The summed E-state index contributed by atoms with van der Waals surface area (Å²) in [5.41, 5.74) is 0.510. The normalized spacial score (nSPS) is 11.5. The zero-order valence-corrected chi connectivity index (χ0v) is 19.5. The van der Waals surface area contributed by atoms with Gasteiger partial charge in [0.25, 0.3) is 5.56 Å². The molecule has 10 heteroatoms. The Morgan fingerprint density at radius 2 is 1.72 bits per heavy atom. The summed E-state index contributed by atoms with van der Waals surface area (Å²) >= 11 is 0. The zero-order valence-electron chi connectivity index (χ0n) is 19.5. The summed E-state index contributed by atoms with van der Waals surface area (Å²) in [4.78, 5) is 30.1. The van der Waals surface area contributed by atoms with Crippen molar-refractivity contribution in [2.45, 2.75) is 46.2 Å². The number of nitrogens with one attached hydrogen (secondary N) is 1. The third kappa shape index (κ3) is 4.39. The summed E-state index contributed by atoms with van der Waals surface area (Å²) < 4.78 is 19.1. The van der Waals surface area contributed by atoms with Gasteiger partial charge in [0.05, 0.1) is 33.1 Å². The van der Waals surface area contributed by atoms with Gasteiger partial charge in [-0.2, -0.15) is 5.10 Å². The van der Waals surface area contributed by atoms with E-state index in [0.29, 0.717) is 39.8 Å². The topological polar surface area (TPSA) is 110 Å². The van der Waals surface area contributed by atoms with E-state index < -0.39 is 0 Å². The molecule has 0 unspecified atom stereocenters. The lowest BCUT2D eigenvalue weighted by molar-refractivity contribution is -0.116. The molecule has 0 aliphatic rings. The van der Waals surface area contributed by atoms with Crippen molar-refractivity contribution in [1.29, 1.82) is 0 Å². The van der Waals surface area contributed by atoms with Crippen molar-refractivity contribution < 1.29 is 19.0 Å². The van der Waals surface area contributed by atoms with Crippen molar-refractivity contribution in [3.8, 4) is 17.2 Å². The minimum atomic E-state index is -0.305. The maximum absolute atomic E-state index is 13.0. The number of methoxy groups -OCH3 is 3. The van der Waals surface area contributed by atoms with Gasteiger partial charge < -0.3 is 19.5 Å². The molecule has 0 saturated carbocycles. The van der Waals surface area contributed by atoms with Crippen LogP contribution in [0, 0.1) is 6.92 Å². The van der Waals surface area contributed by atoms with Crippen molar-refractivity contribution in [2.24, 2.45) is 0 Å². The smallest absolute Gasteiger partial charge is 0.264 e. The SMILES string of the molecule is COc1cc(NC(=O)CCn2c(C)nc3c(cnn3C(C)(C)C)c2=O)cc(OC)c1OC. The molecule has 0 aliphatic heterocycles. The van der Waals surface area contributed by atoms with E-state index in [-0.39, 0.29) is 30.0 Å². The molecule has 10 nitrogen and oxygen atoms in total. The third-order valence-electron chi connectivity index (χ3n) is 5.02.